The second-order valence-corrected chi connectivity index (χ2v) is 6.65. The monoisotopic (exact) mass is 412 g/mol. The van der Waals surface area contributed by atoms with E-state index in [2.05, 4.69) is 15.5 Å². The van der Waals surface area contributed by atoms with Crippen molar-refractivity contribution in [2.45, 2.75) is 0 Å². The van der Waals surface area contributed by atoms with Crippen molar-refractivity contribution in [3.05, 3.63) is 78.6 Å². The largest absolute Gasteiger partial charge is 0.497 e. The zero-order valence-corrected chi connectivity index (χ0v) is 16.4. The third-order valence-electron chi connectivity index (χ3n) is 4.71. The second-order valence-electron chi connectivity index (χ2n) is 6.65. The lowest BCUT2D eigenvalue weighted by Crippen LogP contribution is -2.13. The number of anilines is 1. The number of carbonyl (C=O) groups is 1. The number of hydrogen-bond acceptors (Lipinski definition) is 7. The molecule has 0 aliphatic heterocycles. The van der Waals surface area contributed by atoms with Crippen LogP contribution in [0.1, 0.15) is 10.4 Å². The molecule has 5 aromatic rings. The van der Waals surface area contributed by atoms with E-state index >= 15 is 0 Å². The molecule has 3 heterocycles. The average Bonchev–Trinajstić information content (AvgIpc) is 3.50. The number of amides is 1. The summed E-state index contributed by atoms with van der Waals surface area (Å²) in [6.45, 7) is 0. The first-order valence-electron chi connectivity index (χ1n) is 9.44. The predicted molar refractivity (Wildman–Crippen MR) is 114 cm³/mol. The summed E-state index contributed by atoms with van der Waals surface area (Å²) in [6.07, 6.45) is 1.50. The number of hydrogen-bond donors (Lipinski definition) is 1. The van der Waals surface area contributed by atoms with Crippen LogP contribution >= 0.6 is 0 Å². The molecule has 8 nitrogen and oxygen atoms in total. The molecule has 0 spiro atoms. The Hall–Kier alpha value is -4.46. The third kappa shape index (κ3) is 3.62. The molecule has 0 fully saturated rings. The van der Waals surface area contributed by atoms with Gasteiger partial charge in [-0.1, -0.05) is 35.4 Å². The average molecular weight is 412 g/mol. The summed E-state index contributed by atoms with van der Waals surface area (Å²) in [5.74, 6) is 0.797. The Morgan fingerprint density at radius 3 is 2.65 bits per heavy atom. The molecule has 31 heavy (non-hydrogen) atoms. The first-order valence-corrected chi connectivity index (χ1v) is 9.44. The zero-order chi connectivity index (χ0) is 21.2. The summed E-state index contributed by atoms with van der Waals surface area (Å²) in [4.78, 5) is 17.9. The molecule has 0 aliphatic carbocycles. The van der Waals surface area contributed by atoms with Crippen LogP contribution in [0.5, 0.6) is 5.75 Å². The van der Waals surface area contributed by atoms with Crippen molar-refractivity contribution >= 4 is 22.8 Å². The van der Waals surface area contributed by atoms with E-state index in [1.54, 1.807) is 37.4 Å². The Morgan fingerprint density at radius 2 is 1.87 bits per heavy atom. The number of pyridine rings is 1. The molecule has 0 atom stereocenters. The molecule has 0 saturated heterocycles. The number of ether oxygens (including phenoxy) is 1. The Bertz CT molecular complexity index is 1360. The minimum absolute atomic E-state index is 0.0366. The highest BCUT2D eigenvalue weighted by Crippen LogP contribution is 2.28. The second kappa shape index (κ2) is 7.75. The van der Waals surface area contributed by atoms with E-state index < -0.39 is 5.91 Å². The highest BCUT2D eigenvalue weighted by Gasteiger charge is 2.18. The van der Waals surface area contributed by atoms with Crippen LogP contribution in [-0.4, -0.2) is 28.2 Å². The molecule has 1 N–H and O–H groups in total. The zero-order valence-electron chi connectivity index (χ0n) is 16.4. The maximum atomic E-state index is 13.2. The summed E-state index contributed by atoms with van der Waals surface area (Å²) in [5, 5.41) is 11.1. The van der Waals surface area contributed by atoms with Crippen molar-refractivity contribution in [1.82, 2.24) is 15.2 Å². The van der Waals surface area contributed by atoms with Gasteiger partial charge in [0.15, 0.2) is 5.76 Å². The molecule has 0 bridgehead atoms. The molecule has 8 heteroatoms. The number of nitrogens with zero attached hydrogens (tertiary/aromatic N) is 3. The van der Waals surface area contributed by atoms with Crippen LogP contribution in [0.4, 0.5) is 6.01 Å². The summed E-state index contributed by atoms with van der Waals surface area (Å²) < 4.78 is 16.1. The summed E-state index contributed by atoms with van der Waals surface area (Å²) >= 11 is 0. The SMILES string of the molecule is COc1ccc2nc(-c3ccccc3)cc(C(=O)Nc3nnc(-c4ccco4)o3)c2c1. The van der Waals surface area contributed by atoms with E-state index in [0.29, 0.717) is 33.7 Å². The van der Waals surface area contributed by atoms with Gasteiger partial charge in [0.1, 0.15) is 5.75 Å². The van der Waals surface area contributed by atoms with Crippen LogP contribution in [0.25, 0.3) is 33.8 Å². The summed E-state index contributed by atoms with van der Waals surface area (Å²) in [6, 6.07) is 20.1. The fraction of sp³-hybridized carbons (Fsp3) is 0.0435. The smallest absolute Gasteiger partial charge is 0.322 e. The Morgan fingerprint density at radius 1 is 1.00 bits per heavy atom. The van der Waals surface area contributed by atoms with Gasteiger partial charge in [0.05, 0.1) is 30.1 Å². The number of aromatic nitrogens is 3. The van der Waals surface area contributed by atoms with Gasteiger partial charge in [0.2, 0.25) is 0 Å². The van der Waals surface area contributed by atoms with Gasteiger partial charge in [-0.15, -0.1) is 5.10 Å². The van der Waals surface area contributed by atoms with Gasteiger partial charge in [-0.25, -0.2) is 4.98 Å². The van der Waals surface area contributed by atoms with Gasteiger partial charge in [-0.2, -0.15) is 0 Å². The molecule has 3 aromatic heterocycles. The molecule has 5 rings (SSSR count). The minimum Gasteiger partial charge on any atom is -0.497 e. The molecule has 0 radical (unpaired) electrons. The molecule has 1 amide bonds. The van der Waals surface area contributed by atoms with Crippen LogP contribution in [-0.2, 0) is 0 Å². The maximum Gasteiger partial charge on any atom is 0.322 e. The topological polar surface area (TPSA) is 103 Å². The standard InChI is InChI=1S/C23H16N4O4/c1-29-15-9-10-18-16(12-15)17(13-19(24-18)14-6-3-2-4-7-14)21(28)25-23-27-26-22(31-23)20-8-5-11-30-20/h2-13H,1H3,(H,25,27,28). The van der Waals surface area contributed by atoms with Gasteiger partial charge in [0.25, 0.3) is 11.8 Å². The van der Waals surface area contributed by atoms with Crippen LogP contribution in [0.2, 0.25) is 0 Å². The van der Waals surface area contributed by atoms with Crippen molar-refractivity contribution in [3.63, 3.8) is 0 Å². The fourth-order valence-corrected chi connectivity index (χ4v) is 3.21. The number of furan rings is 1. The number of nitrogens with one attached hydrogen (secondary N) is 1. The highest BCUT2D eigenvalue weighted by molar-refractivity contribution is 6.12. The Kier molecular flexibility index (Phi) is 4.64. The third-order valence-corrected chi connectivity index (χ3v) is 4.71. The minimum atomic E-state index is -0.410. The van der Waals surface area contributed by atoms with Crippen LogP contribution in [0.3, 0.4) is 0 Å². The normalized spacial score (nSPS) is 10.9. The summed E-state index contributed by atoms with van der Waals surface area (Å²) in [5.41, 5.74) is 2.63. The first kappa shape index (κ1) is 18.6. The van der Waals surface area contributed by atoms with Crippen LogP contribution in [0, 0.1) is 0 Å². The van der Waals surface area contributed by atoms with E-state index in [1.165, 1.54) is 6.26 Å². The Labute approximate surface area is 176 Å². The molecule has 0 saturated carbocycles. The van der Waals surface area contributed by atoms with E-state index in [-0.39, 0.29) is 11.9 Å². The molecular weight excluding hydrogens is 396 g/mol. The van der Waals surface area contributed by atoms with Crippen molar-refractivity contribution in [2.24, 2.45) is 0 Å². The molecule has 152 valence electrons. The highest BCUT2D eigenvalue weighted by atomic mass is 16.5. The maximum absolute atomic E-state index is 13.2. The quantitative estimate of drug-likeness (QED) is 0.442. The van der Waals surface area contributed by atoms with Crippen molar-refractivity contribution in [1.29, 1.82) is 0 Å². The lowest BCUT2D eigenvalue weighted by atomic mass is 10.0. The predicted octanol–water partition coefficient (Wildman–Crippen LogP) is 4.81. The van der Waals surface area contributed by atoms with Crippen LogP contribution in [0.15, 0.2) is 81.8 Å². The summed E-state index contributed by atoms with van der Waals surface area (Å²) in [7, 11) is 1.57. The van der Waals surface area contributed by atoms with E-state index in [9.17, 15) is 4.79 Å². The first-order chi connectivity index (χ1) is 15.2. The fourth-order valence-electron chi connectivity index (χ4n) is 3.21. The van der Waals surface area contributed by atoms with E-state index in [0.717, 1.165) is 5.56 Å². The number of carbonyl (C=O) groups excluding carboxylic acids is 1. The van der Waals surface area contributed by atoms with Gasteiger partial charge >= 0.3 is 6.01 Å². The van der Waals surface area contributed by atoms with Crippen molar-refractivity contribution in [3.8, 4) is 28.7 Å². The number of benzene rings is 2. The van der Waals surface area contributed by atoms with Crippen molar-refractivity contribution < 1.29 is 18.4 Å². The van der Waals surface area contributed by atoms with Crippen molar-refractivity contribution in [2.75, 3.05) is 12.4 Å². The number of rotatable bonds is 5. The molecule has 0 unspecified atom stereocenters. The van der Waals surface area contributed by atoms with Crippen LogP contribution < -0.4 is 10.1 Å². The molecular formula is C23H16N4O4. The van der Waals surface area contributed by atoms with E-state index in [4.69, 9.17) is 18.6 Å². The molecule has 2 aromatic carbocycles. The number of methoxy groups -OCH3 is 1. The lowest BCUT2D eigenvalue weighted by Gasteiger charge is -2.10. The van der Waals surface area contributed by atoms with Gasteiger partial charge in [-0.05, 0) is 36.4 Å². The van der Waals surface area contributed by atoms with E-state index in [1.807, 2.05) is 36.4 Å². The Balaban J connectivity index is 1.56. The number of fused-ring (bicyclic) bond motifs is 1. The van der Waals surface area contributed by atoms with Gasteiger partial charge in [0, 0.05) is 10.9 Å². The van der Waals surface area contributed by atoms with Gasteiger partial charge < -0.3 is 13.6 Å². The lowest BCUT2D eigenvalue weighted by molar-refractivity contribution is 0.102. The van der Waals surface area contributed by atoms with Gasteiger partial charge in [-0.3, -0.25) is 10.1 Å². The molecule has 0 aliphatic rings.